The van der Waals surface area contributed by atoms with Crippen LogP contribution < -0.4 is 10.6 Å². The molecule has 0 saturated heterocycles. The zero-order chi connectivity index (χ0) is 15.8. The predicted molar refractivity (Wildman–Crippen MR) is 95.6 cm³/mol. The first-order valence-electron chi connectivity index (χ1n) is 8.56. The normalized spacial score (nSPS) is 16.8. The third kappa shape index (κ3) is 5.59. The molecule has 2 rings (SSSR count). The van der Waals surface area contributed by atoms with Crippen LogP contribution in [0.5, 0.6) is 0 Å². The molecule has 0 bridgehead atoms. The second-order valence-electron chi connectivity index (χ2n) is 6.24. The average Bonchev–Trinajstić information content (AvgIpc) is 2.85. The zero-order valence-corrected chi connectivity index (χ0v) is 15.1. The SMILES string of the molecule is CN=C(NCCCC1CCCCC1)NCc1sc(C)nc1C. The second-order valence-corrected chi connectivity index (χ2v) is 7.53. The van der Waals surface area contributed by atoms with Crippen molar-refractivity contribution < 1.29 is 0 Å². The Hall–Kier alpha value is -1.10. The molecule has 0 aliphatic heterocycles. The lowest BCUT2D eigenvalue weighted by atomic mass is 9.86. The number of nitrogens with one attached hydrogen (secondary N) is 2. The highest BCUT2D eigenvalue weighted by molar-refractivity contribution is 7.11. The summed E-state index contributed by atoms with van der Waals surface area (Å²) in [6.45, 7) is 5.94. The molecular weight excluding hydrogens is 292 g/mol. The number of hydrogen-bond donors (Lipinski definition) is 2. The van der Waals surface area contributed by atoms with Crippen LogP contribution in [-0.2, 0) is 6.54 Å². The lowest BCUT2D eigenvalue weighted by Gasteiger charge is -2.21. The predicted octanol–water partition coefficient (Wildman–Crippen LogP) is 3.79. The van der Waals surface area contributed by atoms with Gasteiger partial charge in [-0.3, -0.25) is 4.99 Å². The summed E-state index contributed by atoms with van der Waals surface area (Å²) in [5, 5.41) is 7.95. The van der Waals surface area contributed by atoms with Crippen LogP contribution in [-0.4, -0.2) is 24.5 Å². The van der Waals surface area contributed by atoms with Gasteiger partial charge in [-0.2, -0.15) is 0 Å². The van der Waals surface area contributed by atoms with Gasteiger partial charge in [0.15, 0.2) is 5.96 Å². The summed E-state index contributed by atoms with van der Waals surface area (Å²) in [5.74, 6) is 1.86. The van der Waals surface area contributed by atoms with Gasteiger partial charge in [0.05, 0.1) is 17.2 Å². The minimum atomic E-state index is 0.805. The van der Waals surface area contributed by atoms with E-state index in [9.17, 15) is 0 Å². The fourth-order valence-corrected chi connectivity index (χ4v) is 4.07. The van der Waals surface area contributed by atoms with Gasteiger partial charge in [0.1, 0.15) is 0 Å². The molecule has 1 aliphatic carbocycles. The quantitative estimate of drug-likeness (QED) is 0.476. The van der Waals surface area contributed by atoms with Crippen molar-refractivity contribution in [2.24, 2.45) is 10.9 Å². The van der Waals surface area contributed by atoms with E-state index < -0.39 is 0 Å². The van der Waals surface area contributed by atoms with Gasteiger partial charge in [0.25, 0.3) is 0 Å². The number of aliphatic imine (C=N–C) groups is 1. The van der Waals surface area contributed by atoms with Gasteiger partial charge in [0, 0.05) is 18.5 Å². The van der Waals surface area contributed by atoms with E-state index in [0.717, 1.165) is 35.7 Å². The van der Waals surface area contributed by atoms with E-state index in [0.29, 0.717) is 0 Å². The smallest absolute Gasteiger partial charge is 0.191 e. The largest absolute Gasteiger partial charge is 0.356 e. The topological polar surface area (TPSA) is 49.3 Å². The van der Waals surface area contributed by atoms with Crippen LogP contribution in [0.1, 0.15) is 60.5 Å². The van der Waals surface area contributed by atoms with E-state index in [1.165, 1.54) is 49.8 Å². The van der Waals surface area contributed by atoms with E-state index in [-0.39, 0.29) is 0 Å². The summed E-state index contributed by atoms with van der Waals surface area (Å²) in [4.78, 5) is 10.1. The van der Waals surface area contributed by atoms with Gasteiger partial charge in [-0.15, -0.1) is 11.3 Å². The van der Waals surface area contributed by atoms with Gasteiger partial charge in [-0.25, -0.2) is 4.98 Å². The van der Waals surface area contributed by atoms with Crippen LogP contribution in [0.15, 0.2) is 4.99 Å². The highest BCUT2D eigenvalue weighted by atomic mass is 32.1. The number of aryl methyl sites for hydroxylation is 2. The zero-order valence-electron chi connectivity index (χ0n) is 14.2. The Balaban J connectivity index is 1.63. The fraction of sp³-hybridized carbons (Fsp3) is 0.765. The molecule has 0 spiro atoms. The van der Waals surface area contributed by atoms with Crippen molar-refractivity contribution in [3.8, 4) is 0 Å². The van der Waals surface area contributed by atoms with Crippen molar-refractivity contribution in [1.29, 1.82) is 0 Å². The minimum Gasteiger partial charge on any atom is -0.356 e. The van der Waals surface area contributed by atoms with Crippen molar-refractivity contribution in [2.45, 2.75) is 65.3 Å². The molecule has 0 amide bonds. The van der Waals surface area contributed by atoms with E-state index >= 15 is 0 Å². The molecule has 0 atom stereocenters. The third-order valence-corrected chi connectivity index (χ3v) is 5.52. The van der Waals surface area contributed by atoms with Crippen LogP contribution in [0.3, 0.4) is 0 Å². The van der Waals surface area contributed by atoms with E-state index in [1.54, 1.807) is 11.3 Å². The van der Waals surface area contributed by atoms with Crippen LogP contribution in [0.25, 0.3) is 0 Å². The van der Waals surface area contributed by atoms with Gasteiger partial charge >= 0.3 is 0 Å². The molecule has 0 radical (unpaired) electrons. The van der Waals surface area contributed by atoms with Crippen LogP contribution in [0.4, 0.5) is 0 Å². The Morgan fingerprint density at radius 2 is 2.00 bits per heavy atom. The minimum absolute atomic E-state index is 0.805. The number of nitrogens with zero attached hydrogens (tertiary/aromatic N) is 2. The van der Waals surface area contributed by atoms with Gasteiger partial charge in [-0.05, 0) is 32.6 Å². The van der Waals surface area contributed by atoms with Crippen LogP contribution in [0, 0.1) is 19.8 Å². The van der Waals surface area contributed by atoms with Crippen LogP contribution in [0.2, 0.25) is 0 Å². The molecule has 4 nitrogen and oxygen atoms in total. The molecule has 1 aromatic rings. The first-order chi connectivity index (χ1) is 10.7. The van der Waals surface area contributed by atoms with Crippen molar-refractivity contribution in [3.05, 3.63) is 15.6 Å². The van der Waals surface area contributed by atoms with Gasteiger partial charge in [0.2, 0.25) is 0 Å². The molecule has 2 N–H and O–H groups in total. The first-order valence-corrected chi connectivity index (χ1v) is 9.38. The molecule has 1 heterocycles. The molecule has 22 heavy (non-hydrogen) atoms. The summed E-state index contributed by atoms with van der Waals surface area (Å²) < 4.78 is 0. The van der Waals surface area contributed by atoms with Gasteiger partial charge in [-0.1, -0.05) is 32.1 Å². The molecular formula is C17H30N4S. The van der Waals surface area contributed by atoms with Crippen molar-refractivity contribution in [1.82, 2.24) is 15.6 Å². The summed E-state index contributed by atoms with van der Waals surface area (Å²) >= 11 is 1.76. The van der Waals surface area contributed by atoms with E-state index in [2.05, 4.69) is 34.5 Å². The van der Waals surface area contributed by atoms with E-state index in [1.807, 2.05) is 7.05 Å². The Morgan fingerprint density at radius 3 is 2.64 bits per heavy atom. The van der Waals surface area contributed by atoms with Gasteiger partial charge < -0.3 is 10.6 Å². The molecule has 0 unspecified atom stereocenters. The Kier molecular flexibility index (Phi) is 7.16. The third-order valence-electron chi connectivity index (χ3n) is 4.45. The number of aromatic nitrogens is 1. The Morgan fingerprint density at radius 1 is 1.23 bits per heavy atom. The molecule has 0 aromatic carbocycles. The van der Waals surface area contributed by atoms with Crippen molar-refractivity contribution in [2.75, 3.05) is 13.6 Å². The van der Waals surface area contributed by atoms with Crippen LogP contribution >= 0.6 is 11.3 Å². The molecule has 1 fully saturated rings. The average molecular weight is 323 g/mol. The Bertz CT molecular complexity index is 475. The molecule has 1 aromatic heterocycles. The summed E-state index contributed by atoms with van der Waals surface area (Å²) in [6.07, 6.45) is 9.81. The summed E-state index contributed by atoms with van der Waals surface area (Å²) in [5.41, 5.74) is 1.13. The van der Waals surface area contributed by atoms with Crippen molar-refractivity contribution in [3.63, 3.8) is 0 Å². The standard InChI is InChI=1S/C17H30N4S/c1-13-16(22-14(2)21-13)12-20-17(18-3)19-11-7-10-15-8-5-4-6-9-15/h15H,4-12H2,1-3H3,(H2,18,19,20). The monoisotopic (exact) mass is 322 g/mol. The Labute approximate surface area is 138 Å². The molecule has 1 aliphatic rings. The highest BCUT2D eigenvalue weighted by Gasteiger charge is 2.12. The first kappa shape index (κ1) is 17.3. The summed E-state index contributed by atoms with van der Waals surface area (Å²) in [6, 6.07) is 0. The fourth-order valence-electron chi connectivity index (χ4n) is 3.20. The highest BCUT2D eigenvalue weighted by Crippen LogP contribution is 2.26. The number of guanidine groups is 1. The molecule has 5 heteroatoms. The number of rotatable bonds is 6. The maximum absolute atomic E-state index is 4.46. The maximum Gasteiger partial charge on any atom is 0.191 e. The number of thiazole rings is 1. The second kappa shape index (κ2) is 9.13. The lowest BCUT2D eigenvalue weighted by Crippen LogP contribution is -2.37. The van der Waals surface area contributed by atoms with E-state index in [4.69, 9.17) is 0 Å². The summed E-state index contributed by atoms with van der Waals surface area (Å²) in [7, 11) is 1.83. The molecule has 1 saturated carbocycles. The number of hydrogen-bond acceptors (Lipinski definition) is 3. The maximum atomic E-state index is 4.46. The van der Waals surface area contributed by atoms with Crippen molar-refractivity contribution >= 4 is 17.3 Å². The molecule has 124 valence electrons. The lowest BCUT2D eigenvalue weighted by molar-refractivity contribution is 0.332.